The van der Waals surface area contributed by atoms with Crippen LogP contribution in [0.4, 0.5) is 11.4 Å². The number of hydrogen-bond acceptors (Lipinski definition) is 6. The Morgan fingerprint density at radius 2 is 0.893 bits per heavy atom. The highest BCUT2D eigenvalue weighted by Gasteiger charge is 2.39. The number of carbonyl (C=O) groups excluding carboxylic acids is 6. The smallest absolute Gasteiger partial charge is 0.250 e. The molecule has 4 aromatic rings. The molecule has 0 aromatic heterocycles. The van der Waals surface area contributed by atoms with Crippen LogP contribution in [0.25, 0.3) is 0 Å². The molecule has 2 heterocycles. The SMILES string of the molecule is CC(=O)N[C@H](C(=O)N1CCC[C@H]1C(=O)Nc1ccc(C#Cc2ccc(NC(=O)[C@@H]3CCCN3C(=O)[C@@H](NC(C)=O)c3ccccc3)cc2)cc1)c1ccccc1. The number of nitrogens with zero attached hydrogens (tertiary/aromatic N) is 2. The Hall–Kier alpha value is -6.74. The van der Waals surface area contributed by atoms with E-state index in [0.717, 1.165) is 11.1 Å². The second-order valence-electron chi connectivity index (χ2n) is 13.9. The number of amides is 6. The van der Waals surface area contributed by atoms with Gasteiger partial charge in [-0.1, -0.05) is 72.5 Å². The predicted molar refractivity (Wildman–Crippen MR) is 212 cm³/mol. The maximum absolute atomic E-state index is 13.6. The van der Waals surface area contributed by atoms with Crippen LogP contribution in [-0.4, -0.2) is 70.4 Å². The van der Waals surface area contributed by atoms with Gasteiger partial charge < -0.3 is 31.1 Å². The van der Waals surface area contributed by atoms with E-state index in [4.69, 9.17) is 0 Å². The number of hydrogen-bond donors (Lipinski definition) is 4. The fraction of sp³-hybridized carbons (Fsp3) is 0.273. The maximum Gasteiger partial charge on any atom is 0.250 e. The lowest BCUT2D eigenvalue weighted by molar-refractivity contribution is -0.140. The molecule has 0 unspecified atom stereocenters. The van der Waals surface area contributed by atoms with Crippen molar-refractivity contribution < 1.29 is 28.8 Å². The molecule has 56 heavy (non-hydrogen) atoms. The van der Waals surface area contributed by atoms with Crippen molar-refractivity contribution in [2.75, 3.05) is 23.7 Å². The van der Waals surface area contributed by atoms with Gasteiger partial charge >= 0.3 is 0 Å². The Kier molecular flexibility index (Phi) is 12.6. The first-order chi connectivity index (χ1) is 27.1. The van der Waals surface area contributed by atoms with Gasteiger partial charge in [0.25, 0.3) is 0 Å². The predicted octanol–water partition coefficient (Wildman–Crippen LogP) is 4.70. The van der Waals surface area contributed by atoms with Crippen molar-refractivity contribution in [3.05, 3.63) is 131 Å². The van der Waals surface area contributed by atoms with Crippen molar-refractivity contribution in [2.45, 2.75) is 63.7 Å². The van der Waals surface area contributed by atoms with Gasteiger partial charge in [-0.15, -0.1) is 0 Å². The first-order valence-electron chi connectivity index (χ1n) is 18.7. The van der Waals surface area contributed by atoms with Gasteiger partial charge in [0.05, 0.1) is 0 Å². The second-order valence-corrected chi connectivity index (χ2v) is 13.9. The average Bonchev–Trinajstić information content (AvgIpc) is 3.91. The molecule has 0 spiro atoms. The van der Waals surface area contributed by atoms with E-state index in [9.17, 15) is 28.8 Å². The Morgan fingerprint density at radius 1 is 0.536 bits per heavy atom. The summed E-state index contributed by atoms with van der Waals surface area (Å²) in [6, 6.07) is 29.0. The zero-order chi connectivity index (χ0) is 39.6. The zero-order valence-electron chi connectivity index (χ0n) is 31.3. The maximum atomic E-state index is 13.6. The van der Waals surface area contributed by atoms with Crippen molar-refractivity contribution in [1.82, 2.24) is 20.4 Å². The highest BCUT2D eigenvalue weighted by molar-refractivity contribution is 6.00. The van der Waals surface area contributed by atoms with E-state index in [1.807, 2.05) is 12.1 Å². The summed E-state index contributed by atoms with van der Waals surface area (Å²) in [7, 11) is 0. The minimum Gasteiger partial charge on any atom is -0.341 e. The van der Waals surface area contributed by atoms with Gasteiger partial charge in [-0.05, 0) is 85.3 Å². The lowest BCUT2D eigenvalue weighted by Crippen LogP contribution is -2.48. The third-order valence-corrected chi connectivity index (χ3v) is 9.79. The number of anilines is 2. The summed E-state index contributed by atoms with van der Waals surface area (Å²) in [5.74, 6) is 4.30. The molecule has 4 atom stereocenters. The summed E-state index contributed by atoms with van der Waals surface area (Å²) >= 11 is 0. The summed E-state index contributed by atoms with van der Waals surface area (Å²) in [6.07, 6.45) is 2.37. The first-order valence-corrected chi connectivity index (χ1v) is 18.7. The molecule has 12 nitrogen and oxygen atoms in total. The lowest BCUT2D eigenvalue weighted by atomic mass is 10.0. The van der Waals surface area contributed by atoms with Crippen molar-refractivity contribution in [3.63, 3.8) is 0 Å². The van der Waals surface area contributed by atoms with E-state index in [1.54, 1.807) is 107 Å². The normalized spacial score (nSPS) is 17.1. The van der Waals surface area contributed by atoms with Gasteiger partial charge in [-0.25, -0.2) is 0 Å². The van der Waals surface area contributed by atoms with Crippen LogP contribution in [0.5, 0.6) is 0 Å². The van der Waals surface area contributed by atoms with Gasteiger partial charge in [0.15, 0.2) is 0 Å². The van der Waals surface area contributed by atoms with E-state index >= 15 is 0 Å². The number of benzene rings is 4. The fourth-order valence-electron chi connectivity index (χ4n) is 7.08. The van der Waals surface area contributed by atoms with E-state index in [1.165, 1.54) is 13.8 Å². The fourth-order valence-corrected chi connectivity index (χ4v) is 7.08. The first kappa shape index (κ1) is 39.0. The highest BCUT2D eigenvalue weighted by Crippen LogP contribution is 2.27. The summed E-state index contributed by atoms with van der Waals surface area (Å²) in [5, 5.41) is 11.3. The Morgan fingerprint density at radius 3 is 1.23 bits per heavy atom. The molecule has 0 aliphatic carbocycles. The molecule has 6 amide bonds. The zero-order valence-corrected chi connectivity index (χ0v) is 31.3. The third-order valence-electron chi connectivity index (χ3n) is 9.79. The molecular weight excluding hydrogens is 709 g/mol. The molecular formula is C44H44N6O6. The van der Waals surface area contributed by atoms with Crippen LogP contribution in [0.1, 0.15) is 73.9 Å². The minimum absolute atomic E-state index is 0.301. The standard InChI is InChI=1S/C44H44N6O6/c1-29(51)45-39(33-11-5-3-6-12-33)43(55)49-27-9-15-37(49)41(53)47-35-23-19-31(20-24-35)17-18-32-21-25-36(26-22-32)48-42(54)38-16-10-28-50(38)44(56)40(46-30(2)52)34-13-7-4-8-14-34/h3-8,11-14,19-26,37-40H,9-10,15-16,27-28H2,1-2H3,(H,45,51)(H,46,52)(H,47,53)(H,48,54)/t37-,38-,39-,40-/m0/s1. The number of rotatable bonds is 10. The monoisotopic (exact) mass is 752 g/mol. The number of carbonyl (C=O) groups is 6. The molecule has 6 rings (SSSR count). The Balaban J connectivity index is 1.03. The quantitative estimate of drug-likeness (QED) is 0.172. The molecule has 0 radical (unpaired) electrons. The number of nitrogens with one attached hydrogen (secondary N) is 4. The molecule has 286 valence electrons. The molecule has 2 aliphatic heterocycles. The highest BCUT2D eigenvalue weighted by atomic mass is 16.2. The van der Waals surface area contributed by atoms with Gasteiger partial charge in [-0.3, -0.25) is 28.8 Å². The van der Waals surface area contributed by atoms with Crippen LogP contribution < -0.4 is 21.3 Å². The van der Waals surface area contributed by atoms with Crippen LogP contribution in [0, 0.1) is 11.8 Å². The largest absolute Gasteiger partial charge is 0.341 e. The Bertz CT molecular complexity index is 1980. The Labute approximate surface area is 326 Å². The van der Waals surface area contributed by atoms with Crippen LogP contribution in [0.3, 0.4) is 0 Å². The molecule has 12 heteroatoms. The van der Waals surface area contributed by atoms with E-state index < -0.39 is 24.2 Å². The van der Waals surface area contributed by atoms with Crippen LogP contribution >= 0.6 is 0 Å². The van der Waals surface area contributed by atoms with Gasteiger partial charge in [0, 0.05) is 49.4 Å². The summed E-state index contributed by atoms with van der Waals surface area (Å²) in [5.41, 5.74) is 3.87. The van der Waals surface area contributed by atoms with Crippen LogP contribution in [0.15, 0.2) is 109 Å². The summed E-state index contributed by atoms with van der Waals surface area (Å²) in [4.78, 5) is 80.9. The molecule has 2 fully saturated rings. The van der Waals surface area contributed by atoms with Crippen molar-refractivity contribution in [3.8, 4) is 11.8 Å². The molecule has 4 aromatic carbocycles. The van der Waals surface area contributed by atoms with Gasteiger partial charge in [-0.2, -0.15) is 0 Å². The summed E-state index contributed by atoms with van der Waals surface area (Å²) in [6.45, 7) is 3.55. The summed E-state index contributed by atoms with van der Waals surface area (Å²) < 4.78 is 0. The third kappa shape index (κ3) is 9.67. The van der Waals surface area contributed by atoms with E-state index in [-0.39, 0.29) is 35.4 Å². The average molecular weight is 753 g/mol. The molecule has 0 saturated carbocycles. The van der Waals surface area contributed by atoms with Gasteiger partial charge in [0.1, 0.15) is 24.2 Å². The molecule has 4 N–H and O–H groups in total. The van der Waals surface area contributed by atoms with E-state index in [2.05, 4.69) is 33.1 Å². The minimum atomic E-state index is -0.883. The van der Waals surface area contributed by atoms with E-state index in [0.29, 0.717) is 61.3 Å². The molecule has 2 saturated heterocycles. The lowest BCUT2D eigenvalue weighted by Gasteiger charge is -2.28. The van der Waals surface area contributed by atoms with Crippen LogP contribution in [-0.2, 0) is 28.8 Å². The van der Waals surface area contributed by atoms with Crippen molar-refractivity contribution in [2.24, 2.45) is 0 Å². The molecule has 2 aliphatic rings. The van der Waals surface area contributed by atoms with Crippen molar-refractivity contribution >= 4 is 46.8 Å². The van der Waals surface area contributed by atoms with Crippen molar-refractivity contribution in [1.29, 1.82) is 0 Å². The van der Waals surface area contributed by atoms with Crippen LogP contribution in [0.2, 0.25) is 0 Å². The second kappa shape index (κ2) is 18.1. The molecule has 0 bridgehead atoms. The topological polar surface area (TPSA) is 157 Å². The number of likely N-dealkylation sites (tertiary alicyclic amines) is 2. The van der Waals surface area contributed by atoms with Gasteiger partial charge in [0.2, 0.25) is 35.4 Å².